The summed E-state index contributed by atoms with van der Waals surface area (Å²) in [7, 11) is 1.86. The van der Waals surface area contributed by atoms with Gasteiger partial charge in [-0.1, -0.05) is 13.3 Å². The molecule has 0 aliphatic carbocycles. The molecule has 18 heavy (non-hydrogen) atoms. The highest BCUT2D eigenvalue weighted by atomic mass is 16.3. The van der Waals surface area contributed by atoms with Crippen molar-refractivity contribution in [3.63, 3.8) is 0 Å². The van der Waals surface area contributed by atoms with Crippen LogP contribution in [-0.4, -0.2) is 43.5 Å². The predicted molar refractivity (Wildman–Crippen MR) is 68.4 cm³/mol. The molecule has 0 saturated carbocycles. The first-order valence-electron chi connectivity index (χ1n) is 6.23. The third kappa shape index (κ3) is 1.64. The minimum absolute atomic E-state index is 0.547. The highest BCUT2D eigenvalue weighted by Gasteiger charge is 2.41. The minimum Gasteiger partial charge on any atom is -0.386 e. The van der Waals surface area contributed by atoms with E-state index < -0.39 is 5.60 Å². The second kappa shape index (κ2) is 3.91. The van der Waals surface area contributed by atoms with Gasteiger partial charge in [-0.3, -0.25) is 4.68 Å². The topological polar surface area (TPSA) is 67.1 Å². The third-order valence-corrected chi connectivity index (χ3v) is 3.49. The Balaban J connectivity index is 1.89. The van der Waals surface area contributed by atoms with Crippen LogP contribution in [0.15, 0.2) is 12.5 Å². The SMILES string of the molecule is CCCC1(O)CN(c2ncnc3c2cnn3C)C1. The highest BCUT2D eigenvalue weighted by Crippen LogP contribution is 2.32. The fraction of sp³-hybridized carbons (Fsp3) is 0.583. The van der Waals surface area contributed by atoms with Crippen LogP contribution in [0, 0.1) is 0 Å². The first kappa shape index (κ1) is 11.4. The summed E-state index contributed by atoms with van der Waals surface area (Å²) in [6, 6.07) is 0. The Morgan fingerprint density at radius 3 is 2.89 bits per heavy atom. The second-order valence-electron chi connectivity index (χ2n) is 5.03. The summed E-state index contributed by atoms with van der Waals surface area (Å²) in [6.45, 7) is 3.37. The molecule has 0 aromatic carbocycles. The summed E-state index contributed by atoms with van der Waals surface area (Å²) in [4.78, 5) is 10.6. The number of aliphatic hydroxyl groups is 1. The number of hydrogen-bond acceptors (Lipinski definition) is 5. The van der Waals surface area contributed by atoms with Gasteiger partial charge < -0.3 is 10.0 Å². The van der Waals surface area contributed by atoms with Crippen molar-refractivity contribution >= 4 is 16.9 Å². The molecular weight excluding hydrogens is 230 g/mol. The number of hydrogen-bond donors (Lipinski definition) is 1. The molecule has 6 heteroatoms. The first-order valence-corrected chi connectivity index (χ1v) is 6.23. The number of nitrogens with zero attached hydrogens (tertiary/aromatic N) is 5. The molecule has 1 N–H and O–H groups in total. The maximum Gasteiger partial charge on any atom is 0.163 e. The van der Waals surface area contributed by atoms with Crippen molar-refractivity contribution in [2.75, 3.05) is 18.0 Å². The van der Waals surface area contributed by atoms with Gasteiger partial charge in [0.15, 0.2) is 5.65 Å². The molecule has 1 saturated heterocycles. The number of aromatic nitrogens is 4. The molecule has 0 radical (unpaired) electrons. The molecule has 1 fully saturated rings. The predicted octanol–water partition coefficient (Wildman–Crippen LogP) is 0.715. The molecule has 1 aliphatic heterocycles. The lowest BCUT2D eigenvalue weighted by Gasteiger charge is -2.47. The quantitative estimate of drug-likeness (QED) is 0.865. The normalized spacial score (nSPS) is 18.1. The zero-order valence-corrected chi connectivity index (χ0v) is 10.7. The molecule has 1 aliphatic rings. The summed E-state index contributed by atoms with van der Waals surface area (Å²) >= 11 is 0. The average molecular weight is 247 g/mol. The number of aryl methyl sites for hydroxylation is 1. The molecule has 0 atom stereocenters. The van der Waals surface area contributed by atoms with Crippen molar-refractivity contribution in [2.45, 2.75) is 25.4 Å². The monoisotopic (exact) mass is 247 g/mol. The van der Waals surface area contributed by atoms with Gasteiger partial charge in [0.2, 0.25) is 0 Å². The van der Waals surface area contributed by atoms with Crippen LogP contribution in [-0.2, 0) is 7.05 Å². The number of β-amino-alcohol motifs (C(OH)–C–C–N with tert-alkyl or cyclic N) is 1. The van der Waals surface area contributed by atoms with Crippen LogP contribution in [0.25, 0.3) is 11.0 Å². The van der Waals surface area contributed by atoms with Crippen molar-refractivity contribution in [1.82, 2.24) is 19.7 Å². The Morgan fingerprint density at radius 2 is 2.17 bits per heavy atom. The zero-order valence-electron chi connectivity index (χ0n) is 10.7. The second-order valence-corrected chi connectivity index (χ2v) is 5.03. The van der Waals surface area contributed by atoms with Crippen LogP contribution in [0.1, 0.15) is 19.8 Å². The minimum atomic E-state index is -0.547. The van der Waals surface area contributed by atoms with E-state index in [0.717, 1.165) is 29.7 Å². The van der Waals surface area contributed by atoms with Gasteiger partial charge >= 0.3 is 0 Å². The molecule has 2 aromatic heterocycles. The lowest BCUT2D eigenvalue weighted by atomic mass is 9.89. The van der Waals surface area contributed by atoms with E-state index in [2.05, 4.69) is 26.9 Å². The Kier molecular flexibility index (Phi) is 2.48. The summed E-state index contributed by atoms with van der Waals surface area (Å²) in [5.41, 5.74) is 0.278. The molecule has 0 unspecified atom stereocenters. The van der Waals surface area contributed by atoms with E-state index in [4.69, 9.17) is 0 Å². The van der Waals surface area contributed by atoms with E-state index in [1.165, 1.54) is 0 Å². The van der Waals surface area contributed by atoms with E-state index in [0.29, 0.717) is 13.1 Å². The van der Waals surface area contributed by atoms with Gasteiger partial charge in [-0.15, -0.1) is 0 Å². The standard InChI is InChI=1S/C12H17N5O/c1-3-4-12(18)6-17(7-12)11-9-5-15-16(2)10(9)13-8-14-11/h5,8,18H,3-4,6-7H2,1-2H3. The highest BCUT2D eigenvalue weighted by molar-refractivity contribution is 5.87. The summed E-state index contributed by atoms with van der Waals surface area (Å²) in [5.74, 6) is 0.869. The van der Waals surface area contributed by atoms with E-state index in [1.807, 2.05) is 7.05 Å². The molecule has 2 aromatic rings. The van der Waals surface area contributed by atoms with Gasteiger partial charge in [-0.2, -0.15) is 5.10 Å². The van der Waals surface area contributed by atoms with Crippen LogP contribution in [0.4, 0.5) is 5.82 Å². The van der Waals surface area contributed by atoms with Crippen LogP contribution in [0.3, 0.4) is 0 Å². The fourth-order valence-corrected chi connectivity index (χ4v) is 2.64. The molecule has 0 bridgehead atoms. The molecule has 0 amide bonds. The smallest absolute Gasteiger partial charge is 0.163 e. The number of rotatable bonds is 3. The van der Waals surface area contributed by atoms with Gasteiger partial charge in [0.25, 0.3) is 0 Å². The van der Waals surface area contributed by atoms with E-state index >= 15 is 0 Å². The Bertz CT molecular complexity index is 573. The van der Waals surface area contributed by atoms with Crippen molar-refractivity contribution in [3.8, 4) is 0 Å². The molecule has 3 heterocycles. The lowest BCUT2D eigenvalue weighted by Crippen LogP contribution is -2.62. The summed E-state index contributed by atoms with van der Waals surface area (Å²) in [6.07, 6.45) is 5.17. The summed E-state index contributed by atoms with van der Waals surface area (Å²) in [5, 5.41) is 15.4. The van der Waals surface area contributed by atoms with Crippen LogP contribution in [0.2, 0.25) is 0 Å². The number of anilines is 1. The van der Waals surface area contributed by atoms with Crippen molar-refractivity contribution in [1.29, 1.82) is 0 Å². The third-order valence-electron chi connectivity index (χ3n) is 3.49. The van der Waals surface area contributed by atoms with E-state index in [1.54, 1.807) is 17.2 Å². The molecule has 0 spiro atoms. The van der Waals surface area contributed by atoms with Crippen LogP contribution < -0.4 is 4.90 Å². The van der Waals surface area contributed by atoms with Crippen LogP contribution >= 0.6 is 0 Å². The van der Waals surface area contributed by atoms with Crippen molar-refractivity contribution in [3.05, 3.63) is 12.5 Å². The molecule has 6 nitrogen and oxygen atoms in total. The van der Waals surface area contributed by atoms with E-state index in [-0.39, 0.29) is 0 Å². The fourth-order valence-electron chi connectivity index (χ4n) is 2.64. The maximum atomic E-state index is 10.2. The Morgan fingerprint density at radius 1 is 1.39 bits per heavy atom. The molecule has 3 rings (SSSR count). The average Bonchev–Trinajstić information content (AvgIpc) is 2.69. The van der Waals surface area contributed by atoms with Crippen LogP contribution in [0.5, 0.6) is 0 Å². The van der Waals surface area contributed by atoms with E-state index in [9.17, 15) is 5.11 Å². The Labute approximate surface area is 105 Å². The van der Waals surface area contributed by atoms with Gasteiger partial charge in [0, 0.05) is 20.1 Å². The number of fused-ring (bicyclic) bond motifs is 1. The molecular formula is C12H17N5O. The van der Waals surface area contributed by atoms with Gasteiger partial charge in [0.1, 0.15) is 12.1 Å². The van der Waals surface area contributed by atoms with Crippen molar-refractivity contribution < 1.29 is 5.11 Å². The first-order chi connectivity index (χ1) is 8.63. The summed E-state index contributed by atoms with van der Waals surface area (Å²) < 4.78 is 1.73. The maximum absolute atomic E-state index is 10.2. The Hall–Kier alpha value is -1.69. The lowest BCUT2D eigenvalue weighted by molar-refractivity contribution is 0.00311. The largest absolute Gasteiger partial charge is 0.386 e. The van der Waals surface area contributed by atoms with Gasteiger partial charge in [-0.25, -0.2) is 9.97 Å². The molecule has 96 valence electrons. The van der Waals surface area contributed by atoms with Gasteiger partial charge in [0.05, 0.1) is 17.2 Å². The van der Waals surface area contributed by atoms with Gasteiger partial charge in [-0.05, 0) is 6.42 Å². The zero-order chi connectivity index (χ0) is 12.8. The van der Waals surface area contributed by atoms with Crippen molar-refractivity contribution in [2.24, 2.45) is 7.05 Å².